The molecule has 0 spiro atoms. The highest BCUT2D eigenvalue weighted by Crippen LogP contribution is 2.17. The topological polar surface area (TPSA) is 94.1 Å². The molecule has 23 heavy (non-hydrogen) atoms. The van der Waals surface area contributed by atoms with Crippen molar-refractivity contribution in [2.75, 3.05) is 11.1 Å². The van der Waals surface area contributed by atoms with Gasteiger partial charge in [-0.2, -0.15) is 4.98 Å². The van der Waals surface area contributed by atoms with Crippen molar-refractivity contribution in [3.8, 4) is 11.4 Å². The molecule has 2 aromatic heterocycles. The van der Waals surface area contributed by atoms with Crippen molar-refractivity contribution in [3.63, 3.8) is 0 Å². The summed E-state index contributed by atoms with van der Waals surface area (Å²) in [6, 6.07) is 11.2. The number of thioether (sulfide) groups is 1. The number of aromatic nitrogens is 3. The minimum atomic E-state index is -0.161. The molecule has 118 valence electrons. The van der Waals surface area contributed by atoms with Crippen LogP contribution in [0.3, 0.4) is 0 Å². The molecule has 0 aliphatic rings. The first kappa shape index (κ1) is 15.3. The van der Waals surface area contributed by atoms with Gasteiger partial charge < -0.3 is 14.4 Å². The van der Waals surface area contributed by atoms with Crippen molar-refractivity contribution in [3.05, 3.63) is 48.0 Å². The maximum Gasteiger partial charge on any atom is 0.236 e. The summed E-state index contributed by atoms with van der Waals surface area (Å²) in [4.78, 5) is 16.1. The summed E-state index contributed by atoms with van der Waals surface area (Å²) in [7, 11) is 0. The average Bonchev–Trinajstić information content (AvgIpc) is 3.17. The number of aryl methyl sites for hydroxylation is 1. The third-order valence-corrected chi connectivity index (χ3v) is 3.77. The molecule has 7 nitrogen and oxygen atoms in total. The number of anilines is 1. The van der Waals surface area contributed by atoms with Crippen molar-refractivity contribution in [2.24, 2.45) is 0 Å². The Morgan fingerprint density at radius 3 is 2.78 bits per heavy atom. The summed E-state index contributed by atoms with van der Waals surface area (Å²) in [5.41, 5.74) is 0.895. The van der Waals surface area contributed by atoms with Crippen molar-refractivity contribution in [2.45, 2.75) is 12.7 Å². The Kier molecular flexibility index (Phi) is 4.72. The lowest BCUT2D eigenvalue weighted by atomic mass is 10.2. The van der Waals surface area contributed by atoms with Crippen LogP contribution in [-0.4, -0.2) is 27.0 Å². The van der Waals surface area contributed by atoms with Gasteiger partial charge in [-0.15, -0.1) is 11.8 Å². The fraction of sp³-hybridized carbons (Fsp3) is 0.200. The average molecular weight is 330 g/mol. The van der Waals surface area contributed by atoms with E-state index in [1.807, 2.05) is 30.3 Å². The van der Waals surface area contributed by atoms with E-state index in [2.05, 4.69) is 20.6 Å². The number of hydrogen-bond acceptors (Lipinski definition) is 7. The number of nitrogens with one attached hydrogen (secondary N) is 1. The van der Waals surface area contributed by atoms with Gasteiger partial charge >= 0.3 is 0 Å². The van der Waals surface area contributed by atoms with Crippen LogP contribution in [0.2, 0.25) is 0 Å². The normalized spacial score (nSPS) is 10.7. The minimum Gasteiger partial charge on any atom is -0.360 e. The van der Waals surface area contributed by atoms with Crippen LogP contribution in [-0.2, 0) is 10.5 Å². The summed E-state index contributed by atoms with van der Waals surface area (Å²) in [5.74, 6) is 2.65. The van der Waals surface area contributed by atoms with Gasteiger partial charge in [0.1, 0.15) is 5.76 Å². The minimum absolute atomic E-state index is 0.161. The highest BCUT2D eigenvalue weighted by molar-refractivity contribution is 7.99. The molecule has 0 fully saturated rings. The van der Waals surface area contributed by atoms with E-state index in [9.17, 15) is 4.79 Å². The number of carbonyl (C=O) groups excluding carboxylic acids is 1. The first-order valence-corrected chi connectivity index (χ1v) is 8.05. The van der Waals surface area contributed by atoms with E-state index in [4.69, 9.17) is 9.05 Å². The molecule has 0 aliphatic carbocycles. The number of nitrogens with zero attached hydrogens (tertiary/aromatic N) is 3. The van der Waals surface area contributed by atoms with Crippen molar-refractivity contribution >= 4 is 23.5 Å². The number of carbonyl (C=O) groups is 1. The maximum absolute atomic E-state index is 11.8. The molecule has 0 saturated heterocycles. The molecule has 1 aromatic carbocycles. The molecule has 0 bridgehead atoms. The summed E-state index contributed by atoms with van der Waals surface area (Å²) < 4.78 is 10.1. The molecule has 1 N–H and O–H groups in total. The van der Waals surface area contributed by atoms with Crippen LogP contribution in [0.15, 0.2) is 45.4 Å². The van der Waals surface area contributed by atoms with E-state index in [0.717, 1.165) is 5.56 Å². The SMILES string of the molecule is Cc1cc(NC(=O)CSCc2nc(-c3ccccc3)no2)no1. The number of amides is 1. The summed E-state index contributed by atoms with van der Waals surface area (Å²) in [6.07, 6.45) is 0. The van der Waals surface area contributed by atoms with Gasteiger partial charge in [0, 0.05) is 11.6 Å². The molecule has 0 unspecified atom stereocenters. The van der Waals surface area contributed by atoms with E-state index in [-0.39, 0.29) is 11.7 Å². The fourth-order valence-corrected chi connectivity index (χ4v) is 2.50. The quantitative estimate of drug-likeness (QED) is 0.742. The fourth-order valence-electron chi connectivity index (χ4n) is 1.85. The number of hydrogen-bond donors (Lipinski definition) is 1. The second kappa shape index (κ2) is 7.10. The first-order chi connectivity index (χ1) is 11.2. The highest BCUT2D eigenvalue weighted by Gasteiger charge is 2.10. The summed E-state index contributed by atoms with van der Waals surface area (Å²) in [6.45, 7) is 1.76. The smallest absolute Gasteiger partial charge is 0.236 e. The van der Waals surface area contributed by atoms with Crippen molar-refractivity contribution < 1.29 is 13.8 Å². The molecule has 0 aliphatic heterocycles. The lowest BCUT2D eigenvalue weighted by Crippen LogP contribution is -2.14. The molecular formula is C15H14N4O3S. The van der Waals surface area contributed by atoms with E-state index in [1.54, 1.807) is 13.0 Å². The maximum atomic E-state index is 11.8. The standard InChI is InChI=1S/C15H14N4O3S/c1-10-7-12(18-21-10)16-13(20)8-23-9-14-17-15(19-22-14)11-5-3-2-4-6-11/h2-7H,8-9H2,1H3,(H,16,18,20). The molecule has 2 heterocycles. The van der Waals surface area contributed by atoms with Crippen LogP contribution >= 0.6 is 11.8 Å². The molecular weight excluding hydrogens is 316 g/mol. The van der Waals surface area contributed by atoms with Crippen molar-refractivity contribution in [1.29, 1.82) is 0 Å². The predicted molar refractivity (Wildman–Crippen MR) is 85.8 cm³/mol. The Morgan fingerprint density at radius 2 is 2.04 bits per heavy atom. The largest absolute Gasteiger partial charge is 0.360 e. The Labute approximate surface area is 136 Å². The summed E-state index contributed by atoms with van der Waals surface area (Å²) in [5, 5.41) is 10.3. The lowest BCUT2D eigenvalue weighted by molar-refractivity contribution is -0.113. The third kappa shape index (κ3) is 4.19. The van der Waals surface area contributed by atoms with Gasteiger partial charge in [0.05, 0.1) is 11.5 Å². The molecule has 3 aromatic rings. The Bertz CT molecular complexity index is 785. The third-order valence-electron chi connectivity index (χ3n) is 2.85. The lowest BCUT2D eigenvalue weighted by Gasteiger charge is -1.99. The van der Waals surface area contributed by atoms with Crippen LogP contribution in [0, 0.1) is 6.92 Å². The second-order valence-electron chi connectivity index (χ2n) is 4.74. The zero-order valence-corrected chi connectivity index (χ0v) is 13.2. The Balaban J connectivity index is 1.47. The molecule has 8 heteroatoms. The van der Waals surface area contributed by atoms with Gasteiger partial charge in [-0.3, -0.25) is 4.79 Å². The van der Waals surface area contributed by atoms with Crippen molar-refractivity contribution in [1.82, 2.24) is 15.3 Å². The van der Waals surface area contributed by atoms with E-state index in [1.165, 1.54) is 11.8 Å². The van der Waals surface area contributed by atoms with Crippen LogP contribution in [0.5, 0.6) is 0 Å². The van der Waals surface area contributed by atoms with Gasteiger partial charge in [0.15, 0.2) is 5.82 Å². The Morgan fingerprint density at radius 1 is 1.22 bits per heavy atom. The molecule has 0 radical (unpaired) electrons. The molecule has 3 rings (SSSR count). The van der Waals surface area contributed by atoms with Gasteiger partial charge in [-0.25, -0.2) is 0 Å². The Hall–Kier alpha value is -2.61. The van der Waals surface area contributed by atoms with Gasteiger partial charge in [-0.05, 0) is 6.92 Å². The first-order valence-electron chi connectivity index (χ1n) is 6.89. The predicted octanol–water partition coefficient (Wildman–Crippen LogP) is 2.90. The molecule has 1 amide bonds. The number of rotatable bonds is 6. The van der Waals surface area contributed by atoms with Gasteiger partial charge in [0.25, 0.3) is 0 Å². The zero-order valence-electron chi connectivity index (χ0n) is 12.4. The molecule has 0 atom stereocenters. The van der Waals surface area contributed by atoms with E-state index >= 15 is 0 Å². The van der Waals surface area contributed by atoms with E-state index < -0.39 is 0 Å². The van der Waals surface area contributed by atoms with Crippen LogP contribution in [0.1, 0.15) is 11.7 Å². The molecule has 0 saturated carbocycles. The van der Waals surface area contributed by atoms with Crippen LogP contribution in [0.25, 0.3) is 11.4 Å². The zero-order chi connectivity index (χ0) is 16.1. The summed E-state index contributed by atoms with van der Waals surface area (Å²) >= 11 is 1.38. The van der Waals surface area contributed by atoms with Crippen LogP contribution in [0.4, 0.5) is 5.82 Å². The van der Waals surface area contributed by atoms with Gasteiger partial charge in [-0.1, -0.05) is 40.6 Å². The van der Waals surface area contributed by atoms with Gasteiger partial charge in [0.2, 0.25) is 17.6 Å². The second-order valence-corrected chi connectivity index (χ2v) is 5.73. The van der Waals surface area contributed by atoms with Crippen LogP contribution < -0.4 is 5.32 Å². The highest BCUT2D eigenvalue weighted by atomic mass is 32.2. The number of benzene rings is 1. The monoisotopic (exact) mass is 330 g/mol. The van der Waals surface area contributed by atoms with E-state index in [0.29, 0.717) is 29.0 Å².